The maximum atomic E-state index is 12.3. The summed E-state index contributed by atoms with van der Waals surface area (Å²) in [6.07, 6.45) is 2.20. The van der Waals surface area contributed by atoms with E-state index >= 15 is 0 Å². The first kappa shape index (κ1) is 11.6. The Kier molecular flexibility index (Phi) is 3.12. The molecule has 0 bridgehead atoms. The van der Waals surface area contributed by atoms with Gasteiger partial charge in [-0.3, -0.25) is 14.3 Å². The summed E-state index contributed by atoms with van der Waals surface area (Å²) >= 11 is 0. The lowest BCUT2D eigenvalue weighted by molar-refractivity contribution is -0.127. The van der Waals surface area contributed by atoms with Crippen LogP contribution in [0, 0.1) is 0 Å². The zero-order valence-electron chi connectivity index (χ0n) is 10.0. The van der Waals surface area contributed by atoms with Crippen molar-refractivity contribution in [3.8, 4) is 0 Å². The molecule has 1 aliphatic rings. The van der Waals surface area contributed by atoms with Crippen LogP contribution in [0.5, 0.6) is 0 Å². The lowest BCUT2D eigenvalue weighted by Crippen LogP contribution is -2.57. The second-order valence-electron chi connectivity index (χ2n) is 4.05. The molecule has 6 nitrogen and oxygen atoms in total. The number of hydrogen-bond donors (Lipinski definition) is 1. The largest absolute Gasteiger partial charge is 0.353 e. The van der Waals surface area contributed by atoms with Gasteiger partial charge in [-0.05, 0) is 12.5 Å². The Morgan fingerprint density at radius 3 is 3.00 bits per heavy atom. The highest BCUT2D eigenvalue weighted by Gasteiger charge is 2.32. The normalized spacial score (nSPS) is 20.2. The standard InChI is InChI=1S/C11H16N4O2/c1-3-8-10(16)12-6-7-15(8)11(17)9-4-5-13-14(9)2/h4-5,8H,3,6-7H2,1-2H3,(H,12,16)/t8-/m0/s1. The van der Waals surface area contributed by atoms with Crippen molar-refractivity contribution in [1.82, 2.24) is 20.0 Å². The molecule has 1 fully saturated rings. The van der Waals surface area contributed by atoms with Gasteiger partial charge in [0.05, 0.1) is 0 Å². The summed E-state index contributed by atoms with van der Waals surface area (Å²) < 4.78 is 1.53. The van der Waals surface area contributed by atoms with Gasteiger partial charge in [-0.2, -0.15) is 5.10 Å². The quantitative estimate of drug-likeness (QED) is 0.771. The molecule has 1 aliphatic heterocycles. The van der Waals surface area contributed by atoms with Crippen LogP contribution in [-0.4, -0.2) is 45.6 Å². The third kappa shape index (κ3) is 2.02. The minimum absolute atomic E-state index is 0.0748. The zero-order valence-corrected chi connectivity index (χ0v) is 10.0. The summed E-state index contributed by atoms with van der Waals surface area (Å²) in [5.74, 6) is -0.207. The van der Waals surface area contributed by atoms with E-state index in [0.29, 0.717) is 25.2 Å². The van der Waals surface area contributed by atoms with Crippen molar-refractivity contribution in [2.24, 2.45) is 7.05 Å². The molecule has 0 spiro atoms. The second kappa shape index (κ2) is 4.57. The van der Waals surface area contributed by atoms with Gasteiger partial charge in [0.1, 0.15) is 11.7 Å². The molecule has 0 unspecified atom stereocenters. The first-order valence-electron chi connectivity index (χ1n) is 5.71. The van der Waals surface area contributed by atoms with E-state index in [-0.39, 0.29) is 17.9 Å². The average molecular weight is 236 g/mol. The van der Waals surface area contributed by atoms with Gasteiger partial charge >= 0.3 is 0 Å². The number of hydrogen-bond acceptors (Lipinski definition) is 3. The maximum absolute atomic E-state index is 12.3. The maximum Gasteiger partial charge on any atom is 0.272 e. The number of piperazine rings is 1. The van der Waals surface area contributed by atoms with Crippen molar-refractivity contribution in [3.05, 3.63) is 18.0 Å². The van der Waals surface area contributed by atoms with Crippen LogP contribution in [0.15, 0.2) is 12.3 Å². The molecule has 0 aliphatic carbocycles. The van der Waals surface area contributed by atoms with Crippen molar-refractivity contribution in [1.29, 1.82) is 0 Å². The predicted octanol–water partition coefficient (Wildman–Crippen LogP) is -0.229. The van der Waals surface area contributed by atoms with Gasteiger partial charge in [0.2, 0.25) is 5.91 Å². The van der Waals surface area contributed by atoms with E-state index in [1.807, 2.05) is 6.92 Å². The lowest BCUT2D eigenvalue weighted by Gasteiger charge is -2.34. The molecule has 6 heteroatoms. The molecule has 1 saturated heterocycles. The highest BCUT2D eigenvalue weighted by Crippen LogP contribution is 2.12. The predicted molar refractivity (Wildman–Crippen MR) is 61.3 cm³/mol. The van der Waals surface area contributed by atoms with Crippen molar-refractivity contribution in [2.45, 2.75) is 19.4 Å². The van der Waals surface area contributed by atoms with Gasteiger partial charge in [0.25, 0.3) is 5.91 Å². The van der Waals surface area contributed by atoms with Gasteiger partial charge in [-0.25, -0.2) is 0 Å². The first-order chi connectivity index (χ1) is 8.15. The lowest BCUT2D eigenvalue weighted by atomic mass is 10.1. The molecule has 0 aromatic carbocycles. The molecule has 1 aromatic rings. The fourth-order valence-corrected chi connectivity index (χ4v) is 2.09. The number of amides is 2. The average Bonchev–Trinajstić information content (AvgIpc) is 2.74. The van der Waals surface area contributed by atoms with E-state index in [2.05, 4.69) is 10.4 Å². The van der Waals surface area contributed by atoms with Crippen LogP contribution in [-0.2, 0) is 11.8 Å². The zero-order chi connectivity index (χ0) is 12.4. The molecular weight excluding hydrogens is 220 g/mol. The highest BCUT2D eigenvalue weighted by atomic mass is 16.2. The van der Waals surface area contributed by atoms with Gasteiger partial charge in [-0.15, -0.1) is 0 Å². The van der Waals surface area contributed by atoms with Crippen LogP contribution in [0.3, 0.4) is 0 Å². The molecule has 17 heavy (non-hydrogen) atoms. The number of nitrogens with one attached hydrogen (secondary N) is 1. The summed E-state index contributed by atoms with van der Waals surface area (Å²) in [5, 5.41) is 6.74. The summed E-state index contributed by atoms with van der Waals surface area (Å²) in [7, 11) is 1.72. The van der Waals surface area contributed by atoms with Gasteiger partial charge < -0.3 is 10.2 Å². The Balaban J connectivity index is 2.24. The van der Waals surface area contributed by atoms with Crippen LogP contribution < -0.4 is 5.32 Å². The van der Waals surface area contributed by atoms with Gasteiger partial charge in [0.15, 0.2) is 0 Å². The fourth-order valence-electron chi connectivity index (χ4n) is 2.09. The van der Waals surface area contributed by atoms with E-state index in [1.54, 1.807) is 24.2 Å². The monoisotopic (exact) mass is 236 g/mol. The Morgan fingerprint density at radius 1 is 1.65 bits per heavy atom. The topological polar surface area (TPSA) is 67.2 Å². The van der Waals surface area contributed by atoms with Crippen molar-refractivity contribution in [2.75, 3.05) is 13.1 Å². The summed E-state index contributed by atoms with van der Waals surface area (Å²) in [6, 6.07) is 1.30. The molecule has 2 amide bonds. The minimum atomic E-state index is -0.369. The van der Waals surface area contributed by atoms with Crippen LogP contribution in [0.4, 0.5) is 0 Å². The Bertz CT molecular complexity index is 440. The molecule has 1 aromatic heterocycles. The molecule has 2 heterocycles. The van der Waals surface area contributed by atoms with E-state index in [1.165, 1.54) is 4.68 Å². The van der Waals surface area contributed by atoms with E-state index in [4.69, 9.17) is 0 Å². The van der Waals surface area contributed by atoms with E-state index < -0.39 is 0 Å². The molecular formula is C11H16N4O2. The van der Waals surface area contributed by atoms with E-state index in [9.17, 15) is 9.59 Å². The summed E-state index contributed by atoms with van der Waals surface area (Å²) in [5.41, 5.74) is 0.512. The molecule has 1 N–H and O–H groups in total. The number of rotatable bonds is 2. The SMILES string of the molecule is CC[C@H]1C(=O)NCCN1C(=O)c1ccnn1C. The fraction of sp³-hybridized carbons (Fsp3) is 0.545. The van der Waals surface area contributed by atoms with Crippen LogP contribution in [0.2, 0.25) is 0 Å². The summed E-state index contributed by atoms with van der Waals surface area (Å²) in [6.45, 7) is 2.96. The number of aryl methyl sites for hydroxylation is 1. The molecule has 0 saturated carbocycles. The van der Waals surface area contributed by atoms with Crippen LogP contribution >= 0.6 is 0 Å². The smallest absolute Gasteiger partial charge is 0.272 e. The van der Waals surface area contributed by atoms with Crippen molar-refractivity contribution < 1.29 is 9.59 Å². The van der Waals surface area contributed by atoms with Crippen LogP contribution in [0.25, 0.3) is 0 Å². The Hall–Kier alpha value is -1.85. The van der Waals surface area contributed by atoms with Gasteiger partial charge in [0, 0.05) is 26.3 Å². The third-order valence-electron chi connectivity index (χ3n) is 3.02. The molecule has 0 radical (unpaired) electrons. The van der Waals surface area contributed by atoms with E-state index in [0.717, 1.165) is 0 Å². The Morgan fingerprint density at radius 2 is 2.41 bits per heavy atom. The highest BCUT2D eigenvalue weighted by molar-refractivity contribution is 5.96. The molecule has 92 valence electrons. The summed E-state index contributed by atoms with van der Waals surface area (Å²) in [4.78, 5) is 25.6. The molecule has 1 atom stereocenters. The number of nitrogens with zero attached hydrogens (tertiary/aromatic N) is 3. The number of carbonyl (C=O) groups excluding carboxylic acids is 2. The van der Waals surface area contributed by atoms with Crippen molar-refractivity contribution >= 4 is 11.8 Å². The molecule has 2 rings (SSSR count). The van der Waals surface area contributed by atoms with Crippen molar-refractivity contribution in [3.63, 3.8) is 0 Å². The first-order valence-corrected chi connectivity index (χ1v) is 5.71. The number of carbonyl (C=O) groups is 2. The minimum Gasteiger partial charge on any atom is -0.353 e. The second-order valence-corrected chi connectivity index (χ2v) is 4.05. The third-order valence-corrected chi connectivity index (χ3v) is 3.02. The Labute approximate surface area is 99.6 Å². The van der Waals surface area contributed by atoms with Gasteiger partial charge in [-0.1, -0.05) is 6.92 Å². The van der Waals surface area contributed by atoms with Crippen LogP contribution in [0.1, 0.15) is 23.8 Å². The number of aromatic nitrogens is 2.